The molecule has 0 bridgehead atoms. The van der Waals surface area contributed by atoms with Crippen LogP contribution >= 0.6 is 0 Å². The van der Waals surface area contributed by atoms with E-state index in [0.29, 0.717) is 24.1 Å². The van der Waals surface area contributed by atoms with Gasteiger partial charge in [0, 0.05) is 32.2 Å². The molecule has 4 unspecified atom stereocenters. The average molecular weight is 730 g/mol. The first-order chi connectivity index (χ1) is 24.3. The number of hydrogen-bond acceptors (Lipinski definition) is 14. The Kier molecular flexibility index (Phi) is 11.8. The van der Waals surface area contributed by atoms with E-state index < -0.39 is 107 Å². The molecule has 17 nitrogen and oxygen atoms in total. The Morgan fingerprint density at radius 2 is 1.71 bits per heavy atom. The number of aromatic hydroxyl groups is 1. The Hall–Kier alpha value is -4.90. The monoisotopic (exact) mass is 729 g/mol. The first-order valence-electron chi connectivity index (χ1n) is 17.1. The molecule has 3 aliphatic rings. The number of anilines is 2. The maximum Gasteiger partial charge on any atom is 0.413 e. The van der Waals surface area contributed by atoms with E-state index in [9.17, 15) is 48.6 Å². The smallest absolute Gasteiger partial charge is 0.413 e. The number of amides is 3. The molecular formula is C35H47N5O12. The number of likely N-dealkylation sites (N-methyl/N-ethyl adjacent to an activating group) is 1. The number of hydrogen-bond donors (Lipinski definition) is 4. The zero-order chi connectivity index (χ0) is 39.0. The summed E-state index contributed by atoms with van der Waals surface area (Å²) in [6.45, 7) is 4.02. The Labute approximate surface area is 300 Å². The van der Waals surface area contributed by atoms with Gasteiger partial charge in [-0.3, -0.25) is 43.4 Å². The molecule has 2 saturated carbocycles. The fraction of sp³-hybridized carbons (Fsp3) is 0.600. The average Bonchev–Trinajstić information content (AvgIpc) is 3.05. The van der Waals surface area contributed by atoms with Crippen LogP contribution in [0.2, 0.25) is 0 Å². The molecular weight excluding hydrogens is 682 g/mol. The first kappa shape index (κ1) is 39.9. The lowest BCUT2D eigenvalue weighted by molar-refractivity contribution is -0.181. The molecule has 17 heteroatoms. The van der Waals surface area contributed by atoms with Gasteiger partial charge in [0.05, 0.1) is 29.1 Å². The SMILES string of the molecule is CCCCN(CC(=O)Nc1cc(N(C)C)c2c(c1O)C(=O)C1C(=O)[C@]3(O)C(=O)C(C(N)=O)C(=O)[C@@H](N(C)C)C3CC1C2)C(=O)OCOC(=O)C(C)C. The quantitative estimate of drug-likeness (QED) is 0.0977. The number of nitrogens with two attached hydrogens (primary N) is 1. The summed E-state index contributed by atoms with van der Waals surface area (Å²) in [5.74, 6) is -13.9. The number of nitrogens with zero attached hydrogens (tertiary/aromatic N) is 3. The van der Waals surface area contributed by atoms with Gasteiger partial charge in [-0.15, -0.1) is 0 Å². The van der Waals surface area contributed by atoms with Crippen LogP contribution in [-0.2, 0) is 44.7 Å². The normalized spacial score (nSPS) is 25.2. The number of primary amides is 1. The number of fused-ring (bicyclic) bond motifs is 3. The van der Waals surface area contributed by atoms with Crippen LogP contribution < -0.4 is 16.0 Å². The molecule has 4 rings (SSSR count). The topological polar surface area (TPSA) is 243 Å². The molecule has 0 saturated heterocycles. The van der Waals surface area contributed by atoms with E-state index in [1.165, 1.54) is 25.1 Å². The summed E-state index contributed by atoms with van der Waals surface area (Å²) in [6, 6.07) is 0.208. The Morgan fingerprint density at radius 3 is 2.27 bits per heavy atom. The number of unbranched alkanes of at least 4 members (excludes halogenated alkanes) is 1. The third-order valence-electron chi connectivity index (χ3n) is 10.0. The van der Waals surface area contributed by atoms with Crippen molar-refractivity contribution in [1.82, 2.24) is 9.80 Å². The molecule has 5 N–H and O–H groups in total. The number of carbonyl (C=O) groups is 8. The predicted octanol–water partition coefficient (Wildman–Crippen LogP) is 0.267. The zero-order valence-corrected chi connectivity index (χ0v) is 30.4. The summed E-state index contributed by atoms with van der Waals surface area (Å²) < 4.78 is 9.93. The van der Waals surface area contributed by atoms with Crippen LogP contribution in [0.5, 0.6) is 5.75 Å². The van der Waals surface area contributed by atoms with Gasteiger partial charge in [-0.2, -0.15) is 0 Å². The first-order valence-corrected chi connectivity index (χ1v) is 17.1. The standard InChI is InChI=1S/C35H47N5O12/c1-8-9-10-40(34(49)52-15-51-33(48)16(2)3)14-22(41)37-20-13-21(38(4)5)18-11-17-12-19-26(39(6)7)29(44)25(32(36)47)31(46)35(19,50)30(45)23(17)28(43)24(18)27(20)42/h13,16-17,19,23,25-26,42,50H,8-12,14-15H2,1-7H3,(H2,36,47)(H,37,41)/t17?,19?,23?,25?,26-,35-/m0/s1. The molecule has 0 aromatic heterocycles. The molecule has 52 heavy (non-hydrogen) atoms. The van der Waals surface area contributed by atoms with E-state index >= 15 is 0 Å². The van der Waals surface area contributed by atoms with Gasteiger partial charge in [-0.05, 0) is 50.9 Å². The van der Waals surface area contributed by atoms with Crippen LogP contribution in [0.4, 0.5) is 16.2 Å². The largest absolute Gasteiger partial charge is 0.505 e. The number of ketones is 4. The van der Waals surface area contributed by atoms with Crippen molar-refractivity contribution < 1.29 is 58.0 Å². The lowest BCUT2D eigenvalue weighted by Gasteiger charge is -2.52. The van der Waals surface area contributed by atoms with Gasteiger partial charge in [0.1, 0.15) is 12.3 Å². The van der Waals surface area contributed by atoms with E-state index in [2.05, 4.69) is 5.32 Å². The summed E-state index contributed by atoms with van der Waals surface area (Å²) in [7, 11) is 6.34. The van der Waals surface area contributed by atoms with Crippen LogP contribution in [0.3, 0.4) is 0 Å². The number of phenolic OH excluding ortho intramolecular Hbond substituents is 1. The van der Waals surface area contributed by atoms with Crippen molar-refractivity contribution in [3.05, 3.63) is 17.2 Å². The number of Topliss-reactive ketones (excluding diaryl/α,β-unsaturated/α-hetero) is 4. The number of ether oxygens (including phenoxy) is 2. The maximum absolute atomic E-state index is 14.3. The third kappa shape index (κ3) is 7.11. The number of nitrogens with one attached hydrogen (secondary N) is 1. The summed E-state index contributed by atoms with van der Waals surface area (Å²) in [6.07, 6.45) is 0.167. The van der Waals surface area contributed by atoms with Gasteiger partial charge in [-0.1, -0.05) is 27.2 Å². The van der Waals surface area contributed by atoms with Gasteiger partial charge in [0.2, 0.25) is 18.6 Å². The highest BCUT2D eigenvalue weighted by Crippen LogP contribution is 2.52. The minimum absolute atomic E-state index is 0.0269. The number of carbonyl (C=O) groups excluding carboxylic acids is 8. The van der Waals surface area contributed by atoms with Gasteiger partial charge in [-0.25, -0.2) is 4.79 Å². The van der Waals surface area contributed by atoms with Crippen molar-refractivity contribution in [1.29, 1.82) is 0 Å². The third-order valence-corrected chi connectivity index (χ3v) is 10.0. The lowest BCUT2D eigenvalue weighted by atomic mass is 9.52. The van der Waals surface area contributed by atoms with Crippen molar-refractivity contribution in [2.45, 2.75) is 58.1 Å². The Morgan fingerprint density at radius 1 is 1.06 bits per heavy atom. The molecule has 3 amide bonds. The summed E-state index contributed by atoms with van der Waals surface area (Å²) in [4.78, 5) is 110. The molecule has 284 valence electrons. The molecule has 3 aliphatic carbocycles. The number of esters is 1. The van der Waals surface area contributed by atoms with Gasteiger partial charge >= 0.3 is 12.1 Å². The van der Waals surface area contributed by atoms with Crippen molar-refractivity contribution in [3.8, 4) is 5.75 Å². The highest BCUT2D eigenvalue weighted by molar-refractivity contribution is 6.32. The fourth-order valence-electron chi connectivity index (χ4n) is 7.49. The van der Waals surface area contributed by atoms with E-state index in [1.54, 1.807) is 32.8 Å². The molecule has 2 fully saturated rings. The van der Waals surface area contributed by atoms with E-state index in [0.717, 1.165) is 4.90 Å². The predicted molar refractivity (Wildman–Crippen MR) is 183 cm³/mol. The molecule has 0 radical (unpaired) electrons. The zero-order valence-electron chi connectivity index (χ0n) is 30.4. The van der Waals surface area contributed by atoms with E-state index in [4.69, 9.17) is 15.2 Å². The molecule has 0 spiro atoms. The summed E-state index contributed by atoms with van der Waals surface area (Å²) in [5.41, 5.74) is 2.74. The number of aliphatic hydroxyl groups is 1. The maximum atomic E-state index is 14.3. The number of benzene rings is 1. The highest BCUT2D eigenvalue weighted by Gasteiger charge is 2.69. The van der Waals surface area contributed by atoms with E-state index in [1.807, 2.05) is 6.92 Å². The second kappa shape index (κ2) is 15.4. The van der Waals surface area contributed by atoms with Crippen molar-refractivity contribution in [3.63, 3.8) is 0 Å². The van der Waals surface area contributed by atoms with Crippen LogP contribution in [0.1, 0.15) is 56.0 Å². The summed E-state index contributed by atoms with van der Waals surface area (Å²) in [5, 5.41) is 25.9. The van der Waals surface area contributed by atoms with E-state index in [-0.39, 0.29) is 30.6 Å². The number of phenols is 1. The molecule has 1 aromatic carbocycles. The molecule has 1 aromatic rings. The van der Waals surface area contributed by atoms with Gasteiger partial charge in [0.15, 0.2) is 34.7 Å². The van der Waals surface area contributed by atoms with Crippen molar-refractivity contribution in [2.75, 3.05) is 58.3 Å². The van der Waals surface area contributed by atoms with Crippen molar-refractivity contribution >= 4 is 58.4 Å². The van der Waals surface area contributed by atoms with Crippen LogP contribution in [-0.4, -0.2) is 127 Å². The second-order valence-corrected chi connectivity index (χ2v) is 14.3. The Balaban J connectivity index is 1.67. The summed E-state index contributed by atoms with van der Waals surface area (Å²) >= 11 is 0. The van der Waals surface area contributed by atoms with Crippen LogP contribution in [0.25, 0.3) is 0 Å². The van der Waals surface area contributed by atoms with Crippen LogP contribution in [0.15, 0.2) is 6.07 Å². The second-order valence-electron chi connectivity index (χ2n) is 14.3. The Bertz CT molecular complexity index is 1690. The highest BCUT2D eigenvalue weighted by atomic mass is 16.7. The minimum Gasteiger partial charge on any atom is -0.505 e. The fourth-order valence-corrected chi connectivity index (χ4v) is 7.49. The molecule has 0 aliphatic heterocycles. The van der Waals surface area contributed by atoms with Gasteiger partial charge in [0.25, 0.3) is 0 Å². The molecule has 0 heterocycles. The molecule has 6 atom stereocenters. The van der Waals surface area contributed by atoms with Crippen molar-refractivity contribution in [2.24, 2.45) is 35.3 Å². The minimum atomic E-state index is -2.88. The number of rotatable bonds is 12. The van der Waals surface area contributed by atoms with Gasteiger partial charge < -0.3 is 35.6 Å². The van der Waals surface area contributed by atoms with Crippen LogP contribution in [0, 0.1) is 29.6 Å². The lowest BCUT2D eigenvalue weighted by Crippen LogP contribution is -2.74.